The zero-order chi connectivity index (χ0) is 63.8. The lowest BCUT2D eigenvalue weighted by Crippen LogP contribution is -2.62. The Kier molecular flexibility index (Phi) is 33.5. The highest BCUT2D eigenvalue weighted by Gasteiger charge is 2.36. The summed E-state index contributed by atoms with van der Waals surface area (Å²) in [5.74, 6) is -15.8. The summed E-state index contributed by atoms with van der Waals surface area (Å²) in [7, 11) is 0. The minimum atomic E-state index is -2.03. The first-order valence-electron chi connectivity index (χ1n) is 25.7. The van der Waals surface area contributed by atoms with Crippen molar-refractivity contribution in [1.82, 2.24) is 47.9 Å². The largest absolute Gasteiger partial charge is 0.480 e. The standard InChI is InChI=1S/C45H82N22O16/c1-18(33(73)61-23(9-6-14-57-44(52)53)37(77)64-25(42(82)83)10-7-15-58-45(54)55)59-35(75)22(8-5-13-56-43(50)51)62-38(78)26(16-29(47)71)65-39(79)27(17-30(48)72)66-41(81)32(21(4)69)67-34(74)19(2)60-36(76)24(11-12-28(46)70)63-40(80)31(49)20(3)68/h18-27,31-32,68-69H,5-17,49H2,1-4H3,(H2,46,70)(H2,47,71)(H2,48,72)(H,59,75)(H,60,76)(H,61,73)(H,62,78)(H,63,80)(H,64,77)(H,65,79)(H,66,81)(H,67,74)(H,82,83)(H4,50,51,56)(H4,52,53,57)(H4,54,55,58)/t18-,19-,20+,21+,22-,23-,24-,25-,26-,27-,31-,32-/m0/s1. The van der Waals surface area contributed by atoms with E-state index in [1.165, 1.54) is 13.8 Å². The molecule has 0 saturated heterocycles. The molecule has 0 aromatic heterocycles. The minimum Gasteiger partial charge on any atom is -0.480 e. The number of carbonyl (C=O) groups excluding carboxylic acids is 12. The highest BCUT2D eigenvalue weighted by molar-refractivity contribution is 6.00. The SMILES string of the molecule is C[C@H](NC(=O)[C@H](CCCN=C(N)N)NC(=O)[C@H](CC(N)=O)NC(=O)[C@H](CC(N)=O)NC(=O)[C@@H](NC(=O)[C@H](C)NC(=O)[C@H](CCC(N)=O)NC(=O)[C@@H](N)[C@@H](C)O)[C@@H](C)O)C(=O)N[C@@H](CCCN=C(N)N)C(=O)N[C@@H](CCCN=C(N)N)C(=O)O. The van der Waals surface area contributed by atoms with Crippen molar-refractivity contribution in [1.29, 1.82) is 0 Å². The molecular weight excluding hydrogens is 1100 g/mol. The summed E-state index contributed by atoms with van der Waals surface area (Å²) in [4.78, 5) is 181. The average Bonchev–Trinajstić information content (AvgIpc) is 3.37. The predicted octanol–water partition coefficient (Wildman–Crippen LogP) is -12.3. The van der Waals surface area contributed by atoms with E-state index in [1.54, 1.807) is 0 Å². The number of amides is 12. The summed E-state index contributed by atoms with van der Waals surface area (Å²) in [6.45, 7) is 4.44. The molecule has 0 saturated carbocycles. The molecule has 0 aromatic carbocycles. The Hall–Kier alpha value is -9.20. The van der Waals surface area contributed by atoms with Crippen LogP contribution in [0.3, 0.4) is 0 Å². The molecule has 0 radical (unpaired) electrons. The third kappa shape index (κ3) is 30.8. The number of hydrogen-bond acceptors (Lipinski definition) is 19. The molecule has 83 heavy (non-hydrogen) atoms. The van der Waals surface area contributed by atoms with Gasteiger partial charge in [-0.15, -0.1) is 0 Å². The van der Waals surface area contributed by atoms with Crippen molar-refractivity contribution in [3.8, 4) is 0 Å². The molecule has 468 valence electrons. The van der Waals surface area contributed by atoms with Crippen molar-refractivity contribution in [2.24, 2.45) is 72.3 Å². The Morgan fingerprint density at radius 1 is 0.373 bits per heavy atom. The molecule has 0 bridgehead atoms. The number of primary amides is 3. The molecule has 12 atom stereocenters. The lowest BCUT2D eigenvalue weighted by molar-refractivity contribution is -0.142. The number of aliphatic imine (C=N–C) groups is 3. The molecule has 0 aliphatic carbocycles. The van der Waals surface area contributed by atoms with Gasteiger partial charge in [-0.3, -0.25) is 72.5 Å². The highest BCUT2D eigenvalue weighted by Crippen LogP contribution is 2.08. The van der Waals surface area contributed by atoms with Gasteiger partial charge < -0.3 is 121 Å². The Morgan fingerprint density at radius 2 is 0.687 bits per heavy atom. The van der Waals surface area contributed by atoms with Crippen molar-refractivity contribution in [3.05, 3.63) is 0 Å². The normalized spacial score (nSPS) is 15.1. The molecule has 38 nitrogen and oxygen atoms in total. The van der Waals surface area contributed by atoms with E-state index in [0.29, 0.717) is 0 Å². The van der Waals surface area contributed by atoms with Crippen LogP contribution in [0.15, 0.2) is 15.0 Å². The summed E-state index contributed by atoms with van der Waals surface area (Å²) in [5.41, 5.74) is 53.8. The van der Waals surface area contributed by atoms with E-state index >= 15 is 0 Å². The van der Waals surface area contributed by atoms with E-state index in [2.05, 4.69) is 62.8 Å². The number of nitrogens with two attached hydrogens (primary N) is 10. The molecular formula is C45H82N22O16. The van der Waals surface area contributed by atoms with Gasteiger partial charge >= 0.3 is 5.97 Å². The fourth-order valence-corrected chi connectivity index (χ4v) is 6.99. The summed E-state index contributed by atoms with van der Waals surface area (Å²) < 4.78 is 0. The van der Waals surface area contributed by atoms with Crippen LogP contribution in [0.5, 0.6) is 0 Å². The molecule has 0 fully saturated rings. The van der Waals surface area contributed by atoms with Gasteiger partial charge in [0.2, 0.25) is 70.9 Å². The lowest BCUT2D eigenvalue weighted by atomic mass is 10.1. The Labute approximate surface area is 475 Å². The van der Waals surface area contributed by atoms with E-state index in [4.69, 9.17) is 57.3 Å². The third-order valence-corrected chi connectivity index (χ3v) is 11.5. The number of nitrogens with zero attached hydrogens (tertiary/aromatic N) is 3. The molecule has 0 unspecified atom stereocenters. The van der Waals surface area contributed by atoms with Crippen LogP contribution in [0.25, 0.3) is 0 Å². The third-order valence-electron chi connectivity index (χ3n) is 11.5. The van der Waals surface area contributed by atoms with E-state index in [9.17, 15) is 77.6 Å². The Balaban J connectivity index is 6.62. The van der Waals surface area contributed by atoms with Gasteiger partial charge in [0.05, 0.1) is 25.0 Å². The van der Waals surface area contributed by atoms with Crippen molar-refractivity contribution in [2.75, 3.05) is 19.6 Å². The first-order chi connectivity index (χ1) is 38.6. The monoisotopic (exact) mass is 1190 g/mol. The van der Waals surface area contributed by atoms with Crippen LogP contribution in [0.2, 0.25) is 0 Å². The van der Waals surface area contributed by atoms with Gasteiger partial charge in [-0.1, -0.05) is 0 Å². The minimum absolute atomic E-state index is 0.0130. The summed E-state index contributed by atoms with van der Waals surface area (Å²) >= 11 is 0. The second kappa shape index (κ2) is 37.7. The maximum Gasteiger partial charge on any atom is 0.326 e. The van der Waals surface area contributed by atoms with Gasteiger partial charge in [0, 0.05) is 26.1 Å². The van der Waals surface area contributed by atoms with Crippen molar-refractivity contribution in [2.45, 2.75) is 165 Å². The molecule has 0 spiro atoms. The van der Waals surface area contributed by atoms with Gasteiger partial charge in [-0.05, 0) is 72.6 Å². The van der Waals surface area contributed by atoms with E-state index in [0.717, 1.165) is 13.8 Å². The van der Waals surface area contributed by atoms with Crippen molar-refractivity contribution in [3.63, 3.8) is 0 Å². The number of hydrogen-bond donors (Lipinski definition) is 22. The highest BCUT2D eigenvalue weighted by atomic mass is 16.4. The molecule has 0 aromatic rings. The van der Waals surface area contributed by atoms with E-state index < -0.39 is 169 Å². The molecule has 0 aliphatic rings. The maximum absolute atomic E-state index is 13.9. The Morgan fingerprint density at radius 3 is 1.05 bits per heavy atom. The summed E-state index contributed by atoms with van der Waals surface area (Å²) in [6, 6.07) is -16.6. The fourth-order valence-electron chi connectivity index (χ4n) is 6.99. The molecule has 0 rings (SSSR count). The first-order valence-corrected chi connectivity index (χ1v) is 25.7. The number of aliphatic hydroxyl groups is 2. The van der Waals surface area contributed by atoms with E-state index in [1.807, 2.05) is 0 Å². The van der Waals surface area contributed by atoms with Crippen LogP contribution in [0.1, 0.15) is 91.9 Å². The van der Waals surface area contributed by atoms with Crippen LogP contribution in [0, 0.1) is 0 Å². The van der Waals surface area contributed by atoms with Crippen LogP contribution < -0.4 is 105 Å². The number of aliphatic carboxylic acids is 1. The van der Waals surface area contributed by atoms with Crippen molar-refractivity contribution < 1.29 is 77.6 Å². The summed E-state index contributed by atoms with van der Waals surface area (Å²) in [5, 5.41) is 50.4. The van der Waals surface area contributed by atoms with Gasteiger partial charge in [-0.25, -0.2) is 4.79 Å². The van der Waals surface area contributed by atoms with Crippen LogP contribution in [0.4, 0.5) is 0 Å². The molecule has 0 heterocycles. The zero-order valence-electron chi connectivity index (χ0n) is 46.4. The van der Waals surface area contributed by atoms with Crippen LogP contribution >= 0.6 is 0 Å². The van der Waals surface area contributed by atoms with Gasteiger partial charge in [0.15, 0.2) is 17.9 Å². The van der Waals surface area contributed by atoms with Crippen LogP contribution in [-0.2, 0) is 62.3 Å². The first kappa shape index (κ1) is 73.8. The number of carboxylic acid groups (broad SMARTS) is 1. The number of guanidine groups is 3. The zero-order valence-corrected chi connectivity index (χ0v) is 46.4. The fraction of sp³-hybridized carbons (Fsp3) is 0.644. The molecule has 0 aliphatic heterocycles. The quantitative estimate of drug-likeness (QED) is 0.0154. The average molecular weight is 1190 g/mol. The van der Waals surface area contributed by atoms with Crippen molar-refractivity contribution >= 4 is 94.7 Å². The van der Waals surface area contributed by atoms with Gasteiger partial charge in [0.25, 0.3) is 0 Å². The van der Waals surface area contributed by atoms with Gasteiger partial charge in [-0.2, -0.15) is 0 Å². The number of nitrogens with one attached hydrogen (secondary N) is 9. The lowest BCUT2D eigenvalue weighted by Gasteiger charge is -2.28. The Bertz CT molecular complexity index is 2380. The number of rotatable bonds is 40. The number of carboxylic acids is 1. The van der Waals surface area contributed by atoms with Crippen LogP contribution in [-0.4, -0.2) is 202 Å². The van der Waals surface area contributed by atoms with Gasteiger partial charge in [0.1, 0.15) is 60.4 Å². The molecule has 32 N–H and O–H groups in total. The second-order valence-electron chi connectivity index (χ2n) is 18.9. The number of aliphatic hydroxyl groups excluding tert-OH is 2. The predicted molar refractivity (Wildman–Crippen MR) is 293 cm³/mol. The second-order valence-corrected chi connectivity index (χ2v) is 18.9. The maximum atomic E-state index is 13.9. The number of carbonyl (C=O) groups is 13. The topological polar surface area (TPSA) is 688 Å². The molecule has 38 heteroatoms. The summed E-state index contributed by atoms with van der Waals surface area (Å²) in [6.07, 6.45) is -6.32. The molecule has 12 amide bonds. The smallest absolute Gasteiger partial charge is 0.326 e. The van der Waals surface area contributed by atoms with E-state index in [-0.39, 0.29) is 82.5 Å².